The van der Waals surface area contributed by atoms with Crippen LogP contribution < -0.4 is 9.64 Å². The standard InChI is InChI=1S/C24H26ClF3N4O5/c25-16-1-8-22(29-14-16)30-9-11-31(12-10-30)23(33)15-36-17-2-4-18(5-3-17)37-19-6-7-21(32(34)35)20(13-19)24(26,27)28/h1,6-8,13-14,17-18H,2-5,9-12,15H2. The molecule has 2 heterocycles. The number of ether oxygens (including phenoxy) is 2. The Kier molecular flexibility index (Phi) is 8.38. The molecule has 13 heteroatoms. The number of rotatable bonds is 7. The number of benzene rings is 1. The molecule has 1 saturated heterocycles. The number of carbonyl (C=O) groups excluding carboxylic acids is 1. The van der Waals surface area contributed by atoms with Crippen LogP contribution in [0.4, 0.5) is 24.7 Å². The summed E-state index contributed by atoms with van der Waals surface area (Å²) in [5.41, 5.74) is -2.35. The Morgan fingerprint density at radius 3 is 2.35 bits per heavy atom. The largest absolute Gasteiger partial charge is 0.490 e. The minimum atomic E-state index is -4.86. The van der Waals surface area contributed by atoms with E-state index in [1.807, 2.05) is 6.07 Å². The average Bonchev–Trinajstić information content (AvgIpc) is 2.88. The van der Waals surface area contributed by atoms with Gasteiger partial charge < -0.3 is 19.3 Å². The maximum absolute atomic E-state index is 13.2. The van der Waals surface area contributed by atoms with Crippen LogP contribution in [0.1, 0.15) is 31.2 Å². The van der Waals surface area contributed by atoms with Crippen LogP contribution in [-0.2, 0) is 15.7 Å². The highest BCUT2D eigenvalue weighted by Gasteiger charge is 2.39. The van der Waals surface area contributed by atoms with Crippen molar-refractivity contribution in [1.29, 1.82) is 0 Å². The minimum absolute atomic E-state index is 0.0350. The summed E-state index contributed by atoms with van der Waals surface area (Å²) in [6.07, 6.45) is -1.51. The molecule has 200 valence electrons. The molecule has 1 amide bonds. The molecule has 0 radical (unpaired) electrons. The summed E-state index contributed by atoms with van der Waals surface area (Å²) >= 11 is 5.88. The Morgan fingerprint density at radius 1 is 1.08 bits per heavy atom. The molecule has 1 saturated carbocycles. The first kappa shape index (κ1) is 26.9. The minimum Gasteiger partial charge on any atom is -0.490 e. The highest BCUT2D eigenvalue weighted by Crippen LogP contribution is 2.38. The van der Waals surface area contributed by atoms with Crippen LogP contribution in [0, 0.1) is 10.1 Å². The number of anilines is 1. The lowest BCUT2D eigenvalue weighted by Crippen LogP contribution is -2.50. The number of piperazine rings is 1. The van der Waals surface area contributed by atoms with Gasteiger partial charge in [-0.3, -0.25) is 14.9 Å². The number of halogens is 4. The number of hydrogen-bond acceptors (Lipinski definition) is 7. The molecule has 0 N–H and O–H groups in total. The van der Waals surface area contributed by atoms with Crippen molar-refractivity contribution in [3.63, 3.8) is 0 Å². The number of alkyl halides is 3. The Morgan fingerprint density at radius 2 is 1.76 bits per heavy atom. The maximum Gasteiger partial charge on any atom is 0.423 e. The van der Waals surface area contributed by atoms with E-state index in [1.165, 1.54) is 6.07 Å². The van der Waals surface area contributed by atoms with Crippen LogP contribution in [0.15, 0.2) is 36.5 Å². The van der Waals surface area contributed by atoms with E-state index in [0.717, 1.165) is 11.9 Å². The highest BCUT2D eigenvalue weighted by atomic mass is 35.5. The van der Waals surface area contributed by atoms with Gasteiger partial charge in [-0.2, -0.15) is 13.2 Å². The van der Waals surface area contributed by atoms with Gasteiger partial charge in [-0.1, -0.05) is 11.6 Å². The van der Waals surface area contributed by atoms with E-state index in [2.05, 4.69) is 9.88 Å². The van der Waals surface area contributed by atoms with Gasteiger partial charge in [0.1, 0.15) is 23.7 Å². The van der Waals surface area contributed by atoms with Crippen LogP contribution in [0.2, 0.25) is 5.02 Å². The summed E-state index contributed by atoms with van der Waals surface area (Å²) in [5, 5.41) is 11.5. The summed E-state index contributed by atoms with van der Waals surface area (Å²) < 4.78 is 51.1. The molecule has 1 aromatic carbocycles. The third kappa shape index (κ3) is 7.01. The third-order valence-corrected chi connectivity index (χ3v) is 6.73. The summed E-state index contributed by atoms with van der Waals surface area (Å²) in [5.74, 6) is 0.660. The van der Waals surface area contributed by atoms with E-state index >= 15 is 0 Å². The van der Waals surface area contributed by atoms with Gasteiger partial charge in [0.2, 0.25) is 5.91 Å². The van der Waals surface area contributed by atoms with Crippen LogP contribution in [-0.4, -0.2) is 65.7 Å². The Balaban J connectivity index is 1.20. The van der Waals surface area contributed by atoms with Crippen molar-refractivity contribution in [2.24, 2.45) is 0 Å². The van der Waals surface area contributed by atoms with Crippen molar-refractivity contribution < 1.29 is 32.4 Å². The van der Waals surface area contributed by atoms with Gasteiger partial charge in [0.25, 0.3) is 5.69 Å². The lowest BCUT2D eigenvalue weighted by molar-refractivity contribution is -0.388. The summed E-state index contributed by atoms with van der Waals surface area (Å²) in [4.78, 5) is 30.6. The molecule has 37 heavy (non-hydrogen) atoms. The zero-order chi connectivity index (χ0) is 26.6. The first-order valence-electron chi connectivity index (χ1n) is 11.9. The lowest BCUT2D eigenvalue weighted by atomic mass is 9.95. The van der Waals surface area contributed by atoms with Crippen LogP contribution in [0.25, 0.3) is 0 Å². The first-order valence-corrected chi connectivity index (χ1v) is 12.3. The van der Waals surface area contributed by atoms with Crippen LogP contribution in [0.5, 0.6) is 5.75 Å². The fourth-order valence-corrected chi connectivity index (χ4v) is 4.62. The average molecular weight is 543 g/mol. The first-order chi connectivity index (χ1) is 17.6. The smallest absolute Gasteiger partial charge is 0.423 e. The normalized spacial score (nSPS) is 20.5. The molecule has 1 aliphatic carbocycles. The second-order valence-corrected chi connectivity index (χ2v) is 9.40. The van der Waals surface area contributed by atoms with Crippen molar-refractivity contribution in [1.82, 2.24) is 9.88 Å². The van der Waals surface area contributed by atoms with E-state index in [-0.39, 0.29) is 30.5 Å². The summed E-state index contributed by atoms with van der Waals surface area (Å²) in [6.45, 7) is 2.39. The number of carbonyl (C=O) groups is 1. The Bertz CT molecular complexity index is 1100. The predicted molar refractivity (Wildman–Crippen MR) is 129 cm³/mol. The topological polar surface area (TPSA) is 98.0 Å². The van der Waals surface area contributed by atoms with Gasteiger partial charge in [0, 0.05) is 38.4 Å². The zero-order valence-corrected chi connectivity index (χ0v) is 20.6. The predicted octanol–water partition coefficient (Wildman–Crippen LogP) is 4.72. The van der Waals surface area contributed by atoms with Crippen molar-refractivity contribution in [3.8, 4) is 5.75 Å². The molecule has 4 rings (SSSR count). The molecule has 0 unspecified atom stereocenters. The van der Waals surface area contributed by atoms with Gasteiger partial charge in [0.05, 0.1) is 22.2 Å². The molecule has 1 aliphatic heterocycles. The number of pyridine rings is 1. The van der Waals surface area contributed by atoms with Crippen LogP contribution in [0.3, 0.4) is 0 Å². The lowest BCUT2D eigenvalue weighted by Gasteiger charge is -2.36. The number of hydrogen-bond donors (Lipinski definition) is 0. The Hall–Kier alpha value is -3.12. The monoisotopic (exact) mass is 542 g/mol. The van der Waals surface area contributed by atoms with Crippen molar-refractivity contribution in [2.45, 2.75) is 44.1 Å². The quantitative estimate of drug-likeness (QED) is 0.369. The number of aromatic nitrogens is 1. The fourth-order valence-electron chi connectivity index (χ4n) is 4.50. The van der Waals surface area contributed by atoms with Gasteiger partial charge in [-0.25, -0.2) is 4.98 Å². The molecule has 9 nitrogen and oxygen atoms in total. The van der Waals surface area contributed by atoms with Gasteiger partial charge >= 0.3 is 6.18 Å². The molecule has 1 aromatic heterocycles. The van der Waals surface area contributed by atoms with Gasteiger partial charge in [0.15, 0.2) is 0 Å². The van der Waals surface area contributed by atoms with Crippen molar-refractivity contribution >= 4 is 29.0 Å². The number of nitro benzene ring substituents is 1. The molecule has 0 bridgehead atoms. The van der Waals surface area contributed by atoms with E-state index in [1.54, 1.807) is 17.2 Å². The second kappa shape index (κ2) is 11.5. The van der Waals surface area contributed by atoms with Crippen LogP contribution >= 0.6 is 11.6 Å². The molecule has 0 atom stereocenters. The van der Waals surface area contributed by atoms with Crippen molar-refractivity contribution in [3.05, 3.63) is 57.2 Å². The van der Waals surface area contributed by atoms with E-state index in [0.29, 0.717) is 63.0 Å². The molecule has 2 aliphatic rings. The van der Waals surface area contributed by atoms with Crippen molar-refractivity contribution in [2.75, 3.05) is 37.7 Å². The molecule has 0 spiro atoms. The second-order valence-electron chi connectivity index (χ2n) is 8.96. The summed E-state index contributed by atoms with van der Waals surface area (Å²) in [6, 6.07) is 6.28. The number of amides is 1. The molecule has 2 fully saturated rings. The van der Waals surface area contributed by atoms with E-state index < -0.39 is 22.4 Å². The fraction of sp³-hybridized carbons (Fsp3) is 0.500. The number of nitrogens with zero attached hydrogens (tertiary/aromatic N) is 4. The highest BCUT2D eigenvalue weighted by molar-refractivity contribution is 6.30. The molecule has 2 aromatic rings. The SMILES string of the molecule is O=C(COC1CCC(Oc2ccc([N+](=O)[O-])c(C(F)(F)F)c2)CC1)N1CCN(c2ccc(Cl)cn2)CC1. The Labute approximate surface area is 216 Å². The van der Waals surface area contributed by atoms with Gasteiger partial charge in [-0.15, -0.1) is 0 Å². The summed E-state index contributed by atoms with van der Waals surface area (Å²) in [7, 11) is 0. The zero-order valence-electron chi connectivity index (χ0n) is 19.8. The molecular formula is C24H26ClF3N4O5. The number of nitro groups is 1. The van der Waals surface area contributed by atoms with E-state index in [4.69, 9.17) is 21.1 Å². The van der Waals surface area contributed by atoms with Gasteiger partial charge in [-0.05, 0) is 49.9 Å². The van der Waals surface area contributed by atoms with E-state index in [9.17, 15) is 28.1 Å². The third-order valence-electron chi connectivity index (χ3n) is 6.50. The maximum atomic E-state index is 13.2. The molecular weight excluding hydrogens is 517 g/mol.